The van der Waals surface area contributed by atoms with Crippen molar-refractivity contribution < 1.29 is 47.1 Å². The summed E-state index contributed by atoms with van der Waals surface area (Å²) in [6.45, 7) is -0.247. The summed E-state index contributed by atoms with van der Waals surface area (Å²) in [5, 5.41) is 40.2. The number of hydrogen-bond donors (Lipinski definition) is 6. The van der Waals surface area contributed by atoms with E-state index in [-0.39, 0.29) is 0 Å². The minimum atomic E-state index is -5.17. The highest BCUT2D eigenvalue weighted by Gasteiger charge is 2.57. The number of aliphatic hydroxyl groups is 4. The van der Waals surface area contributed by atoms with Crippen LogP contribution in [0.25, 0.3) is 0 Å². The highest BCUT2D eigenvalue weighted by atomic mass is 32.3. The maximum absolute atomic E-state index is 10.9. The first kappa shape index (κ1) is 17.2. The Labute approximate surface area is 113 Å². The molecule has 20 heavy (non-hydrogen) atoms. The predicted octanol–water partition coefficient (Wildman–Crippen LogP) is -3.93. The maximum atomic E-state index is 10.9. The van der Waals surface area contributed by atoms with Crippen molar-refractivity contribution in [3.63, 3.8) is 0 Å². The van der Waals surface area contributed by atoms with Crippen molar-refractivity contribution in [3.8, 4) is 0 Å². The van der Waals surface area contributed by atoms with Gasteiger partial charge in [-0.2, -0.15) is 8.42 Å². The molecule has 0 aromatic heterocycles. The van der Waals surface area contributed by atoms with Crippen LogP contribution in [0.15, 0.2) is 0 Å². The van der Waals surface area contributed by atoms with Gasteiger partial charge in [0.1, 0.15) is 24.9 Å². The Morgan fingerprint density at radius 3 is 2.35 bits per heavy atom. The number of aliphatic hydroxyl groups excluding tert-OH is 4. The molecule has 1 aliphatic rings. The molecule has 0 aromatic carbocycles. The second kappa shape index (κ2) is 5.87. The van der Waals surface area contributed by atoms with Gasteiger partial charge in [-0.15, -0.1) is 0 Å². The third-order valence-electron chi connectivity index (χ3n) is 2.61. The second-order valence-corrected chi connectivity index (χ2v) is 5.17. The summed E-state index contributed by atoms with van der Waals surface area (Å²) in [7, 11) is -5.17. The Morgan fingerprint density at radius 1 is 1.40 bits per heavy atom. The van der Waals surface area contributed by atoms with Crippen LogP contribution in [0.3, 0.4) is 0 Å². The van der Waals surface area contributed by atoms with Gasteiger partial charge in [0, 0.05) is 6.92 Å². The SMILES string of the molecule is CC(=O)N[C@H]1C(O)O[C@](CO)(OS(=O)(=O)O)[C@@H](O)[C@@H]1O. The van der Waals surface area contributed by atoms with Crippen molar-refractivity contribution in [1.82, 2.24) is 5.32 Å². The van der Waals surface area contributed by atoms with E-state index in [9.17, 15) is 28.5 Å². The van der Waals surface area contributed by atoms with Crippen LogP contribution in [-0.2, 0) is 24.1 Å². The zero-order valence-corrected chi connectivity index (χ0v) is 11.0. The van der Waals surface area contributed by atoms with Crippen LogP contribution in [0.4, 0.5) is 0 Å². The molecule has 0 saturated carbocycles. The fourth-order valence-corrected chi connectivity index (χ4v) is 2.32. The number of nitrogens with one attached hydrogen (secondary N) is 1. The number of ether oxygens (including phenoxy) is 1. The zero-order valence-electron chi connectivity index (χ0n) is 10.2. The molecule has 1 saturated heterocycles. The molecule has 0 aromatic rings. The lowest BCUT2D eigenvalue weighted by molar-refractivity contribution is -0.362. The fraction of sp³-hybridized carbons (Fsp3) is 0.875. The van der Waals surface area contributed by atoms with Crippen molar-refractivity contribution in [3.05, 3.63) is 0 Å². The molecule has 1 rings (SSSR count). The summed E-state index contributed by atoms with van der Waals surface area (Å²) >= 11 is 0. The molecule has 0 radical (unpaired) electrons. The van der Waals surface area contributed by atoms with E-state index in [0.717, 1.165) is 6.92 Å². The van der Waals surface area contributed by atoms with Gasteiger partial charge in [0.2, 0.25) is 11.7 Å². The highest BCUT2D eigenvalue weighted by molar-refractivity contribution is 7.80. The summed E-state index contributed by atoms with van der Waals surface area (Å²) < 4.78 is 38.6. The molecule has 1 amide bonds. The van der Waals surface area contributed by atoms with Crippen LogP contribution in [0.5, 0.6) is 0 Å². The van der Waals surface area contributed by atoms with E-state index in [0.29, 0.717) is 0 Å². The summed E-state index contributed by atoms with van der Waals surface area (Å²) in [4.78, 5) is 10.9. The van der Waals surface area contributed by atoms with Crippen molar-refractivity contribution in [2.45, 2.75) is 37.3 Å². The molecular formula is C8H15NO10S. The van der Waals surface area contributed by atoms with E-state index in [1.807, 2.05) is 0 Å². The smallest absolute Gasteiger partial charge is 0.391 e. The maximum Gasteiger partial charge on any atom is 0.400 e. The number of rotatable bonds is 4. The van der Waals surface area contributed by atoms with Crippen LogP contribution in [-0.4, -0.2) is 76.2 Å². The Balaban J connectivity index is 3.06. The zero-order chi connectivity index (χ0) is 15.7. The Bertz CT molecular complexity index is 466. The minimum absolute atomic E-state index is 0.670. The summed E-state index contributed by atoms with van der Waals surface area (Å²) in [6, 6.07) is -1.49. The number of carbonyl (C=O) groups excluding carboxylic acids is 1. The third kappa shape index (κ3) is 3.62. The van der Waals surface area contributed by atoms with Gasteiger partial charge in [-0.05, 0) is 0 Å². The molecule has 0 aliphatic carbocycles. The van der Waals surface area contributed by atoms with Gasteiger partial charge in [-0.3, -0.25) is 9.35 Å². The van der Waals surface area contributed by atoms with Gasteiger partial charge < -0.3 is 30.5 Å². The third-order valence-corrected chi connectivity index (χ3v) is 3.10. The standard InChI is InChI=1S/C8H15NO10S/c1-3(11)9-4-5(12)6(13)8(2-10,18-7(4)14)19-20(15,16)17/h4-7,10,12-14H,2H2,1H3,(H,9,11)(H,15,16,17)/t4-,5-,6+,7?,8-/m1/s1. The molecule has 11 nitrogen and oxygen atoms in total. The first-order valence-corrected chi connectivity index (χ1v) is 6.67. The molecule has 1 fully saturated rings. The van der Waals surface area contributed by atoms with Crippen molar-refractivity contribution >= 4 is 16.3 Å². The molecule has 1 heterocycles. The first-order chi connectivity index (χ1) is 9.02. The Kier molecular flexibility index (Phi) is 5.04. The van der Waals surface area contributed by atoms with E-state index in [4.69, 9.17) is 9.66 Å². The van der Waals surface area contributed by atoms with E-state index in [1.54, 1.807) is 0 Å². The topological polar surface area (TPSA) is 183 Å². The fourth-order valence-electron chi connectivity index (χ4n) is 1.77. The molecule has 118 valence electrons. The molecule has 0 spiro atoms. The van der Waals surface area contributed by atoms with Crippen LogP contribution in [0.2, 0.25) is 0 Å². The summed E-state index contributed by atoms with van der Waals surface area (Å²) in [5.74, 6) is -3.47. The van der Waals surface area contributed by atoms with Crippen LogP contribution in [0, 0.1) is 0 Å². The Hall–Kier alpha value is -0.860. The number of amides is 1. The lowest BCUT2D eigenvalue weighted by Crippen LogP contribution is -2.70. The van der Waals surface area contributed by atoms with Crippen LogP contribution in [0.1, 0.15) is 6.92 Å². The molecule has 6 N–H and O–H groups in total. The average Bonchev–Trinajstić information content (AvgIpc) is 2.29. The largest absolute Gasteiger partial charge is 0.400 e. The summed E-state index contributed by atoms with van der Waals surface area (Å²) in [5.41, 5.74) is 0. The van der Waals surface area contributed by atoms with Crippen LogP contribution >= 0.6 is 0 Å². The quantitative estimate of drug-likeness (QED) is 0.280. The van der Waals surface area contributed by atoms with E-state index in [1.165, 1.54) is 0 Å². The predicted molar refractivity (Wildman–Crippen MR) is 59.2 cm³/mol. The highest BCUT2D eigenvalue weighted by Crippen LogP contribution is 2.31. The van der Waals surface area contributed by atoms with Gasteiger partial charge in [0.25, 0.3) is 0 Å². The van der Waals surface area contributed by atoms with Crippen LogP contribution < -0.4 is 5.32 Å². The monoisotopic (exact) mass is 317 g/mol. The Morgan fingerprint density at radius 2 is 1.95 bits per heavy atom. The normalized spacial score (nSPS) is 38.5. The first-order valence-electron chi connectivity index (χ1n) is 5.30. The van der Waals surface area contributed by atoms with E-state index in [2.05, 4.69) is 14.2 Å². The molecule has 0 bridgehead atoms. The lowest BCUT2D eigenvalue weighted by atomic mass is 9.94. The molecule has 5 atom stereocenters. The summed E-state index contributed by atoms with van der Waals surface area (Å²) in [6.07, 6.45) is -6.13. The van der Waals surface area contributed by atoms with Gasteiger partial charge in [0.15, 0.2) is 6.29 Å². The average molecular weight is 317 g/mol. The molecule has 12 heteroatoms. The number of hydrogen-bond acceptors (Lipinski definition) is 9. The lowest BCUT2D eigenvalue weighted by Gasteiger charge is -2.46. The van der Waals surface area contributed by atoms with E-state index < -0.39 is 53.2 Å². The molecule has 1 unspecified atom stereocenters. The molecule has 1 aliphatic heterocycles. The van der Waals surface area contributed by atoms with Crippen molar-refractivity contribution in [2.24, 2.45) is 0 Å². The molecular weight excluding hydrogens is 302 g/mol. The van der Waals surface area contributed by atoms with Crippen molar-refractivity contribution in [1.29, 1.82) is 0 Å². The van der Waals surface area contributed by atoms with E-state index >= 15 is 0 Å². The van der Waals surface area contributed by atoms with Gasteiger partial charge in [0.05, 0.1) is 0 Å². The number of carbonyl (C=O) groups is 1. The second-order valence-electron chi connectivity index (χ2n) is 4.15. The minimum Gasteiger partial charge on any atom is -0.391 e. The van der Waals surface area contributed by atoms with Gasteiger partial charge in [-0.25, -0.2) is 4.18 Å². The van der Waals surface area contributed by atoms with Gasteiger partial charge >= 0.3 is 10.4 Å². The van der Waals surface area contributed by atoms with Crippen molar-refractivity contribution in [2.75, 3.05) is 6.61 Å². The van der Waals surface area contributed by atoms with Gasteiger partial charge in [-0.1, -0.05) is 0 Å².